The van der Waals surface area contributed by atoms with Crippen LogP contribution < -0.4 is 5.32 Å². The Labute approximate surface area is 75.6 Å². The first-order valence-electron chi connectivity index (χ1n) is 3.53. The second-order valence-electron chi connectivity index (χ2n) is 2.19. The van der Waals surface area contributed by atoms with Crippen molar-refractivity contribution >= 4 is 17.6 Å². The summed E-state index contributed by atoms with van der Waals surface area (Å²) in [7, 11) is 1.84. The SMILES string of the molecule is CNCC#Cc1cscc1C=O. The van der Waals surface area contributed by atoms with Crippen molar-refractivity contribution < 1.29 is 4.79 Å². The summed E-state index contributed by atoms with van der Waals surface area (Å²) in [6, 6.07) is 0. The van der Waals surface area contributed by atoms with Gasteiger partial charge < -0.3 is 5.32 Å². The van der Waals surface area contributed by atoms with Crippen LogP contribution in [0, 0.1) is 11.8 Å². The zero-order valence-corrected chi connectivity index (χ0v) is 7.57. The second-order valence-corrected chi connectivity index (χ2v) is 2.93. The van der Waals surface area contributed by atoms with Crippen molar-refractivity contribution in [2.45, 2.75) is 0 Å². The van der Waals surface area contributed by atoms with Crippen LogP contribution in [0.1, 0.15) is 15.9 Å². The van der Waals surface area contributed by atoms with Gasteiger partial charge in [-0.15, -0.1) is 0 Å². The molecule has 2 nitrogen and oxygen atoms in total. The quantitative estimate of drug-likeness (QED) is 0.544. The highest BCUT2D eigenvalue weighted by Gasteiger charge is 1.97. The molecule has 0 aromatic carbocycles. The van der Waals surface area contributed by atoms with Gasteiger partial charge in [-0.25, -0.2) is 0 Å². The number of aldehydes is 1. The fourth-order valence-electron chi connectivity index (χ4n) is 0.728. The molecule has 1 rings (SSSR count). The predicted octanol–water partition coefficient (Wildman–Crippen LogP) is 1.13. The molecule has 1 aromatic heterocycles. The molecule has 0 fully saturated rings. The molecule has 0 spiro atoms. The Hall–Kier alpha value is -1.11. The van der Waals surface area contributed by atoms with Gasteiger partial charge in [-0.05, 0) is 7.05 Å². The summed E-state index contributed by atoms with van der Waals surface area (Å²) in [5, 5.41) is 6.59. The molecular formula is C9H9NOS. The van der Waals surface area contributed by atoms with E-state index < -0.39 is 0 Å². The molecule has 0 aliphatic rings. The maximum Gasteiger partial charge on any atom is 0.152 e. The molecule has 0 amide bonds. The fraction of sp³-hybridized carbons (Fsp3) is 0.222. The van der Waals surface area contributed by atoms with Crippen molar-refractivity contribution in [2.24, 2.45) is 0 Å². The minimum absolute atomic E-state index is 0.647. The topological polar surface area (TPSA) is 29.1 Å². The van der Waals surface area contributed by atoms with Gasteiger partial charge in [0.25, 0.3) is 0 Å². The van der Waals surface area contributed by atoms with E-state index in [1.165, 1.54) is 11.3 Å². The predicted molar refractivity (Wildman–Crippen MR) is 50.5 cm³/mol. The van der Waals surface area contributed by atoms with Gasteiger partial charge in [0.2, 0.25) is 0 Å². The minimum atomic E-state index is 0.647. The van der Waals surface area contributed by atoms with E-state index in [9.17, 15) is 4.79 Å². The summed E-state index contributed by atoms with van der Waals surface area (Å²) >= 11 is 1.49. The van der Waals surface area contributed by atoms with Crippen LogP contribution in [-0.2, 0) is 0 Å². The second kappa shape index (κ2) is 4.70. The van der Waals surface area contributed by atoms with E-state index in [1.807, 2.05) is 12.4 Å². The van der Waals surface area contributed by atoms with E-state index in [1.54, 1.807) is 5.38 Å². The van der Waals surface area contributed by atoms with Gasteiger partial charge in [-0.1, -0.05) is 11.8 Å². The Balaban J connectivity index is 2.76. The number of carbonyl (C=O) groups is 1. The largest absolute Gasteiger partial charge is 0.309 e. The Morgan fingerprint density at radius 3 is 3.17 bits per heavy atom. The fourth-order valence-corrected chi connectivity index (χ4v) is 1.46. The normalized spacial score (nSPS) is 8.75. The molecule has 1 heterocycles. The van der Waals surface area contributed by atoms with Gasteiger partial charge in [-0.3, -0.25) is 4.79 Å². The molecule has 1 aromatic rings. The first-order chi connectivity index (χ1) is 5.88. The zero-order chi connectivity index (χ0) is 8.81. The molecule has 0 unspecified atom stereocenters. The summed E-state index contributed by atoms with van der Waals surface area (Å²) in [4.78, 5) is 10.4. The number of thiophene rings is 1. The van der Waals surface area contributed by atoms with Crippen LogP contribution in [0.5, 0.6) is 0 Å². The molecule has 0 atom stereocenters. The highest BCUT2D eigenvalue weighted by Crippen LogP contribution is 2.10. The Morgan fingerprint density at radius 2 is 2.50 bits per heavy atom. The van der Waals surface area contributed by atoms with E-state index in [0.29, 0.717) is 12.1 Å². The number of hydrogen-bond donors (Lipinski definition) is 1. The molecule has 0 aliphatic carbocycles. The highest BCUT2D eigenvalue weighted by atomic mass is 32.1. The van der Waals surface area contributed by atoms with Crippen molar-refractivity contribution in [3.63, 3.8) is 0 Å². The summed E-state index contributed by atoms with van der Waals surface area (Å²) < 4.78 is 0. The molecule has 0 aliphatic heterocycles. The van der Waals surface area contributed by atoms with Crippen molar-refractivity contribution in [1.29, 1.82) is 0 Å². The van der Waals surface area contributed by atoms with Gasteiger partial charge >= 0.3 is 0 Å². The third-order valence-electron chi connectivity index (χ3n) is 1.31. The van der Waals surface area contributed by atoms with E-state index in [2.05, 4.69) is 17.2 Å². The standard InChI is InChI=1S/C9H9NOS/c1-10-4-2-3-8-6-12-7-9(8)5-11/h5-7,10H,4H2,1H3. The summed E-state index contributed by atoms with van der Waals surface area (Å²) in [5.41, 5.74) is 1.51. The van der Waals surface area contributed by atoms with Gasteiger partial charge in [0.05, 0.1) is 6.54 Å². The third kappa shape index (κ3) is 2.19. The lowest BCUT2D eigenvalue weighted by Gasteiger charge is -1.84. The Kier molecular flexibility index (Phi) is 3.52. The molecule has 3 heteroatoms. The lowest BCUT2D eigenvalue weighted by molar-refractivity contribution is 0.112. The minimum Gasteiger partial charge on any atom is -0.309 e. The molecule has 0 radical (unpaired) electrons. The summed E-state index contributed by atoms with van der Waals surface area (Å²) in [5.74, 6) is 5.81. The van der Waals surface area contributed by atoms with E-state index in [4.69, 9.17) is 0 Å². The Morgan fingerprint density at radius 1 is 1.67 bits per heavy atom. The summed E-state index contributed by atoms with van der Waals surface area (Å²) in [6.45, 7) is 0.647. The van der Waals surface area contributed by atoms with E-state index in [0.717, 1.165) is 11.8 Å². The van der Waals surface area contributed by atoms with Crippen molar-refractivity contribution in [3.05, 3.63) is 21.9 Å². The maximum atomic E-state index is 10.4. The lowest BCUT2D eigenvalue weighted by atomic mass is 10.2. The van der Waals surface area contributed by atoms with Crippen molar-refractivity contribution in [3.8, 4) is 11.8 Å². The molecule has 0 saturated carbocycles. The van der Waals surface area contributed by atoms with E-state index in [-0.39, 0.29) is 0 Å². The maximum absolute atomic E-state index is 10.4. The van der Waals surface area contributed by atoms with Crippen molar-refractivity contribution in [1.82, 2.24) is 5.32 Å². The lowest BCUT2D eigenvalue weighted by Crippen LogP contribution is -2.04. The van der Waals surface area contributed by atoms with E-state index >= 15 is 0 Å². The molecule has 62 valence electrons. The number of nitrogens with one attached hydrogen (secondary N) is 1. The zero-order valence-electron chi connectivity index (χ0n) is 6.76. The smallest absolute Gasteiger partial charge is 0.152 e. The number of carbonyl (C=O) groups excluding carboxylic acids is 1. The van der Waals surface area contributed by atoms with Crippen molar-refractivity contribution in [2.75, 3.05) is 13.6 Å². The molecule has 0 bridgehead atoms. The van der Waals surface area contributed by atoms with Gasteiger partial charge in [0.1, 0.15) is 0 Å². The first-order valence-corrected chi connectivity index (χ1v) is 4.47. The van der Waals surface area contributed by atoms with Gasteiger partial charge in [0.15, 0.2) is 6.29 Å². The van der Waals surface area contributed by atoms with Crippen LogP contribution in [0.25, 0.3) is 0 Å². The van der Waals surface area contributed by atoms with Crippen LogP contribution in [-0.4, -0.2) is 19.9 Å². The van der Waals surface area contributed by atoms with Crippen LogP contribution in [0.15, 0.2) is 10.8 Å². The van der Waals surface area contributed by atoms with Gasteiger partial charge in [0, 0.05) is 21.9 Å². The summed E-state index contributed by atoms with van der Waals surface area (Å²) in [6.07, 6.45) is 0.833. The van der Waals surface area contributed by atoms with Gasteiger partial charge in [-0.2, -0.15) is 11.3 Å². The Bertz CT molecular complexity index is 319. The third-order valence-corrected chi connectivity index (χ3v) is 2.07. The van der Waals surface area contributed by atoms with Crippen LogP contribution >= 0.6 is 11.3 Å². The number of hydrogen-bond acceptors (Lipinski definition) is 3. The highest BCUT2D eigenvalue weighted by molar-refractivity contribution is 7.08. The van der Waals surface area contributed by atoms with Crippen LogP contribution in [0.3, 0.4) is 0 Å². The molecule has 0 saturated heterocycles. The molecule has 1 N–H and O–H groups in total. The molecule has 12 heavy (non-hydrogen) atoms. The average molecular weight is 179 g/mol. The van der Waals surface area contributed by atoms with Crippen LogP contribution in [0.4, 0.5) is 0 Å². The first kappa shape index (κ1) is 8.98. The average Bonchev–Trinajstić information content (AvgIpc) is 2.52. The monoisotopic (exact) mass is 179 g/mol. The number of rotatable bonds is 2. The van der Waals surface area contributed by atoms with Crippen LogP contribution in [0.2, 0.25) is 0 Å². The molecular weight excluding hydrogens is 170 g/mol.